The Balaban J connectivity index is 2.01. The standard InChI is InChI=1S/C18H16ClN3O4/c19-12-5-7-13(8-6-12)20-16(24)11-22-15-4-2-1-3-14(15)17(25)21(9-10-23)18(22)26/h1-8,23H,9-11H2,(H,20,24). The number of hydrogen-bond acceptors (Lipinski definition) is 4. The lowest BCUT2D eigenvalue weighted by Crippen LogP contribution is -2.42. The Hall–Kier alpha value is -2.90. The smallest absolute Gasteiger partial charge is 0.332 e. The first-order valence-electron chi connectivity index (χ1n) is 7.90. The molecule has 1 aromatic heterocycles. The number of aromatic nitrogens is 2. The van der Waals surface area contributed by atoms with Crippen LogP contribution in [0.1, 0.15) is 0 Å². The van der Waals surface area contributed by atoms with E-state index in [1.165, 1.54) is 4.57 Å². The number of para-hydroxylation sites is 1. The van der Waals surface area contributed by atoms with Gasteiger partial charge in [-0.1, -0.05) is 23.7 Å². The van der Waals surface area contributed by atoms with Gasteiger partial charge in [0.15, 0.2) is 0 Å². The lowest BCUT2D eigenvalue weighted by molar-refractivity contribution is -0.116. The molecule has 3 rings (SSSR count). The third-order valence-electron chi connectivity index (χ3n) is 3.89. The Kier molecular flexibility index (Phi) is 5.20. The summed E-state index contributed by atoms with van der Waals surface area (Å²) in [4.78, 5) is 37.4. The fourth-order valence-electron chi connectivity index (χ4n) is 2.70. The SMILES string of the molecule is O=C(Cn1c(=O)n(CCO)c(=O)c2ccccc21)Nc1ccc(Cl)cc1. The van der Waals surface area contributed by atoms with Crippen molar-refractivity contribution in [3.63, 3.8) is 0 Å². The highest BCUT2D eigenvalue weighted by molar-refractivity contribution is 6.30. The minimum Gasteiger partial charge on any atom is -0.395 e. The van der Waals surface area contributed by atoms with Gasteiger partial charge in [0, 0.05) is 10.7 Å². The number of hydrogen-bond donors (Lipinski definition) is 2. The summed E-state index contributed by atoms with van der Waals surface area (Å²) in [5.74, 6) is -0.422. The van der Waals surface area contributed by atoms with E-state index in [0.29, 0.717) is 21.6 Å². The number of nitrogens with one attached hydrogen (secondary N) is 1. The molecule has 0 saturated heterocycles. The van der Waals surface area contributed by atoms with Crippen LogP contribution in [0.3, 0.4) is 0 Å². The van der Waals surface area contributed by atoms with Crippen molar-refractivity contribution in [3.8, 4) is 0 Å². The number of halogens is 1. The number of carbonyl (C=O) groups is 1. The molecule has 0 aliphatic rings. The minimum atomic E-state index is -0.644. The van der Waals surface area contributed by atoms with Crippen molar-refractivity contribution in [2.24, 2.45) is 0 Å². The molecule has 8 heteroatoms. The van der Waals surface area contributed by atoms with Crippen molar-refractivity contribution in [1.29, 1.82) is 0 Å². The zero-order valence-corrected chi connectivity index (χ0v) is 14.4. The van der Waals surface area contributed by atoms with Gasteiger partial charge in [-0.05, 0) is 36.4 Å². The number of anilines is 1. The van der Waals surface area contributed by atoms with Crippen LogP contribution in [0.5, 0.6) is 0 Å². The summed E-state index contributed by atoms with van der Waals surface area (Å²) >= 11 is 5.82. The summed E-state index contributed by atoms with van der Waals surface area (Å²) in [6.45, 7) is -0.764. The van der Waals surface area contributed by atoms with Crippen LogP contribution in [-0.2, 0) is 17.9 Å². The summed E-state index contributed by atoms with van der Waals surface area (Å²) in [6, 6.07) is 13.1. The number of carbonyl (C=O) groups excluding carboxylic acids is 1. The predicted molar refractivity (Wildman–Crippen MR) is 99.6 cm³/mol. The summed E-state index contributed by atoms with van der Waals surface area (Å²) in [5.41, 5.74) is -0.230. The monoisotopic (exact) mass is 373 g/mol. The number of nitrogens with zero attached hydrogens (tertiary/aromatic N) is 2. The van der Waals surface area contributed by atoms with Crippen molar-refractivity contribution >= 4 is 34.1 Å². The minimum absolute atomic E-state index is 0.138. The summed E-state index contributed by atoms with van der Waals surface area (Å²) in [7, 11) is 0. The second kappa shape index (κ2) is 7.55. The van der Waals surface area contributed by atoms with E-state index in [9.17, 15) is 14.4 Å². The zero-order chi connectivity index (χ0) is 18.7. The van der Waals surface area contributed by atoms with Crippen LogP contribution in [-0.4, -0.2) is 26.8 Å². The highest BCUT2D eigenvalue weighted by atomic mass is 35.5. The number of benzene rings is 2. The number of aliphatic hydroxyl groups excluding tert-OH is 1. The Morgan fingerprint density at radius 3 is 2.42 bits per heavy atom. The largest absolute Gasteiger partial charge is 0.395 e. The van der Waals surface area contributed by atoms with Gasteiger partial charge in [0.2, 0.25) is 5.91 Å². The van der Waals surface area contributed by atoms with Gasteiger partial charge in [-0.25, -0.2) is 4.79 Å². The van der Waals surface area contributed by atoms with E-state index in [0.717, 1.165) is 4.57 Å². The van der Waals surface area contributed by atoms with Crippen LogP contribution in [0.2, 0.25) is 5.02 Å². The Morgan fingerprint density at radius 2 is 1.73 bits per heavy atom. The normalized spacial score (nSPS) is 10.8. The average molecular weight is 374 g/mol. The highest BCUT2D eigenvalue weighted by Crippen LogP contribution is 2.14. The van der Waals surface area contributed by atoms with Gasteiger partial charge in [0.05, 0.1) is 24.1 Å². The van der Waals surface area contributed by atoms with E-state index in [1.807, 2.05) is 0 Å². The third kappa shape index (κ3) is 3.54. The van der Waals surface area contributed by atoms with Crippen molar-refractivity contribution in [2.45, 2.75) is 13.1 Å². The molecule has 7 nitrogen and oxygen atoms in total. The van der Waals surface area contributed by atoms with Crippen molar-refractivity contribution in [2.75, 3.05) is 11.9 Å². The maximum Gasteiger partial charge on any atom is 0.332 e. The molecule has 134 valence electrons. The number of fused-ring (bicyclic) bond motifs is 1. The molecule has 0 radical (unpaired) electrons. The lowest BCUT2D eigenvalue weighted by atomic mass is 10.2. The molecule has 0 unspecified atom stereocenters. The van der Waals surface area contributed by atoms with Crippen LogP contribution in [0.15, 0.2) is 58.1 Å². The van der Waals surface area contributed by atoms with Gasteiger partial charge in [0.25, 0.3) is 5.56 Å². The average Bonchev–Trinajstić information content (AvgIpc) is 2.64. The van der Waals surface area contributed by atoms with Crippen LogP contribution in [0.4, 0.5) is 5.69 Å². The van der Waals surface area contributed by atoms with Crippen molar-refractivity contribution in [3.05, 3.63) is 74.4 Å². The highest BCUT2D eigenvalue weighted by Gasteiger charge is 2.15. The van der Waals surface area contributed by atoms with Gasteiger partial charge in [-0.3, -0.25) is 18.7 Å². The Morgan fingerprint density at radius 1 is 1.04 bits per heavy atom. The molecule has 1 amide bonds. The fourth-order valence-corrected chi connectivity index (χ4v) is 2.82. The maximum absolute atomic E-state index is 12.6. The molecule has 0 aliphatic carbocycles. The molecule has 0 atom stereocenters. The van der Waals surface area contributed by atoms with E-state index in [1.54, 1.807) is 48.5 Å². The second-order valence-corrected chi connectivity index (χ2v) is 6.06. The predicted octanol–water partition coefficient (Wildman–Crippen LogP) is 1.45. The molecular weight excluding hydrogens is 358 g/mol. The molecule has 2 N–H and O–H groups in total. The molecule has 0 saturated carbocycles. The Labute approximate surface area is 153 Å². The summed E-state index contributed by atoms with van der Waals surface area (Å²) in [5, 5.41) is 12.7. The summed E-state index contributed by atoms with van der Waals surface area (Å²) < 4.78 is 2.15. The van der Waals surface area contributed by atoms with E-state index < -0.39 is 17.2 Å². The first kappa shape index (κ1) is 17.9. The topological polar surface area (TPSA) is 93.3 Å². The van der Waals surface area contributed by atoms with Crippen LogP contribution in [0, 0.1) is 0 Å². The van der Waals surface area contributed by atoms with E-state index in [-0.39, 0.29) is 19.7 Å². The molecule has 0 spiro atoms. The van der Waals surface area contributed by atoms with Gasteiger partial charge < -0.3 is 10.4 Å². The number of rotatable bonds is 5. The van der Waals surface area contributed by atoms with E-state index in [4.69, 9.17) is 16.7 Å². The molecule has 0 bridgehead atoms. The number of amides is 1. The zero-order valence-electron chi connectivity index (χ0n) is 13.7. The fraction of sp³-hybridized carbons (Fsp3) is 0.167. The third-order valence-corrected chi connectivity index (χ3v) is 4.14. The van der Waals surface area contributed by atoms with E-state index >= 15 is 0 Å². The molecule has 0 fully saturated rings. The van der Waals surface area contributed by atoms with Crippen molar-refractivity contribution < 1.29 is 9.90 Å². The quantitative estimate of drug-likeness (QED) is 0.707. The maximum atomic E-state index is 12.6. The molecular formula is C18H16ClN3O4. The molecule has 2 aromatic carbocycles. The molecule has 26 heavy (non-hydrogen) atoms. The van der Waals surface area contributed by atoms with Gasteiger partial charge in [-0.15, -0.1) is 0 Å². The van der Waals surface area contributed by atoms with Crippen LogP contribution >= 0.6 is 11.6 Å². The van der Waals surface area contributed by atoms with Crippen molar-refractivity contribution in [1.82, 2.24) is 9.13 Å². The second-order valence-electron chi connectivity index (χ2n) is 5.62. The molecule has 1 heterocycles. The van der Waals surface area contributed by atoms with Crippen LogP contribution in [0.25, 0.3) is 10.9 Å². The van der Waals surface area contributed by atoms with E-state index in [2.05, 4.69) is 5.32 Å². The van der Waals surface area contributed by atoms with Crippen LogP contribution < -0.4 is 16.6 Å². The first-order chi connectivity index (χ1) is 12.5. The Bertz CT molecular complexity index is 1070. The first-order valence-corrected chi connectivity index (χ1v) is 8.27. The number of aliphatic hydroxyl groups is 1. The lowest BCUT2D eigenvalue weighted by Gasteiger charge is -2.13. The summed E-state index contributed by atoms with van der Waals surface area (Å²) in [6.07, 6.45) is 0. The van der Waals surface area contributed by atoms with Gasteiger partial charge >= 0.3 is 5.69 Å². The molecule has 3 aromatic rings. The van der Waals surface area contributed by atoms with Gasteiger partial charge in [0.1, 0.15) is 6.54 Å². The molecule has 0 aliphatic heterocycles. The van der Waals surface area contributed by atoms with Gasteiger partial charge in [-0.2, -0.15) is 0 Å².